The first-order chi connectivity index (χ1) is 19.0. The topological polar surface area (TPSA) is 104 Å². The third-order valence-electron chi connectivity index (χ3n) is 6.40. The molecule has 0 radical (unpaired) electrons. The Hall–Kier alpha value is -4.54. The molecule has 8 nitrogen and oxygen atoms in total. The molecule has 198 valence electrons. The first kappa shape index (κ1) is 26.1. The van der Waals surface area contributed by atoms with Gasteiger partial charge in [0.25, 0.3) is 5.56 Å². The van der Waals surface area contributed by atoms with Crippen LogP contribution in [0.2, 0.25) is 0 Å². The van der Waals surface area contributed by atoms with Gasteiger partial charge in [0.2, 0.25) is 0 Å². The normalized spacial score (nSPS) is 10.9. The maximum absolute atomic E-state index is 15.0. The molecule has 0 saturated carbocycles. The molecule has 3 heterocycles. The van der Waals surface area contributed by atoms with E-state index in [-0.39, 0.29) is 24.5 Å². The number of hydrogen-bond donors (Lipinski definition) is 4. The monoisotopic (exact) mass is 543 g/mol. The van der Waals surface area contributed by atoms with Gasteiger partial charge in [0.05, 0.1) is 22.3 Å². The van der Waals surface area contributed by atoms with E-state index in [0.29, 0.717) is 46.1 Å². The molecule has 0 aliphatic carbocycles. The van der Waals surface area contributed by atoms with E-state index in [1.54, 1.807) is 35.2 Å². The number of fused-ring (bicyclic) bond motifs is 1. The van der Waals surface area contributed by atoms with E-state index in [1.807, 2.05) is 37.3 Å². The third kappa shape index (κ3) is 5.38. The summed E-state index contributed by atoms with van der Waals surface area (Å²) in [5.74, 6) is 0.00355. The molecule has 39 heavy (non-hydrogen) atoms. The summed E-state index contributed by atoms with van der Waals surface area (Å²) in [5.41, 5.74) is 5.61. The van der Waals surface area contributed by atoms with Crippen LogP contribution in [0, 0.1) is 12.7 Å². The zero-order valence-electron chi connectivity index (χ0n) is 21.1. The standard InChI is InChI=1S/C29H26FN5O3S/c1-18-24(34-17-39)14-20(29(37)35(18)25-5-3-2-4-19(25)10-13-36)16-33-21-6-7-27(23(30)15-21)38-26-9-12-32-28-22(26)8-11-31-28/h2-9,11-12,14-15,17,33,36H,10,13,16H2,1H3,(H,31,32)(H,34,39). The van der Waals surface area contributed by atoms with Gasteiger partial charge in [-0.1, -0.05) is 30.4 Å². The van der Waals surface area contributed by atoms with E-state index in [9.17, 15) is 14.3 Å². The van der Waals surface area contributed by atoms with Gasteiger partial charge in [-0.25, -0.2) is 9.37 Å². The van der Waals surface area contributed by atoms with Crippen LogP contribution < -0.4 is 20.9 Å². The van der Waals surface area contributed by atoms with Crippen LogP contribution in [-0.4, -0.2) is 31.7 Å². The minimum atomic E-state index is -0.553. The second-order valence-electron chi connectivity index (χ2n) is 8.82. The molecule has 5 rings (SSSR count). The van der Waals surface area contributed by atoms with E-state index in [4.69, 9.17) is 17.0 Å². The minimum absolute atomic E-state index is 0.0421. The van der Waals surface area contributed by atoms with Crippen LogP contribution in [0.15, 0.2) is 77.9 Å². The van der Waals surface area contributed by atoms with E-state index in [1.165, 1.54) is 17.6 Å². The Bertz CT molecular complexity index is 1720. The van der Waals surface area contributed by atoms with Crippen molar-refractivity contribution in [1.29, 1.82) is 0 Å². The number of benzene rings is 2. The van der Waals surface area contributed by atoms with Gasteiger partial charge < -0.3 is 25.5 Å². The van der Waals surface area contributed by atoms with Crippen molar-refractivity contribution in [3.8, 4) is 17.2 Å². The number of rotatable bonds is 10. The highest BCUT2D eigenvalue weighted by atomic mass is 32.1. The van der Waals surface area contributed by atoms with Crippen molar-refractivity contribution in [1.82, 2.24) is 14.5 Å². The Labute approximate surface area is 229 Å². The van der Waals surface area contributed by atoms with Gasteiger partial charge in [0.15, 0.2) is 11.6 Å². The summed E-state index contributed by atoms with van der Waals surface area (Å²) in [4.78, 5) is 20.8. The van der Waals surface area contributed by atoms with Crippen LogP contribution in [0.5, 0.6) is 11.5 Å². The van der Waals surface area contributed by atoms with E-state index >= 15 is 0 Å². The minimum Gasteiger partial charge on any atom is -0.453 e. The van der Waals surface area contributed by atoms with E-state index in [0.717, 1.165) is 10.9 Å². The molecule has 10 heteroatoms. The number of ether oxygens (including phenoxy) is 1. The summed E-state index contributed by atoms with van der Waals surface area (Å²) in [5, 5.41) is 16.4. The van der Waals surface area contributed by atoms with Crippen molar-refractivity contribution < 1.29 is 14.2 Å². The molecule has 0 amide bonds. The summed E-state index contributed by atoms with van der Waals surface area (Å²) < 4.78 is 22.4. The van der Waals surface area contributed by atoms with Crippen LogP contribution >= 0.6 is 12.2 Å². The van der Waals surface area contributed by atoms with Crippen LogP contribution in [-0.2, 0) is 13.0 Å². The Morgan fingerprint density at radius 2 is 1.97 bits per heavy atom. The zero-order valence-corrected chi connectivity index (χ0v) is 21.9. The van der Waals surface area contributed by atoms with Crippen molar-refractivity contribution in [3.63, 3.8) is 0 Å². The number of thiocarbonyl (C=S) groups is 1. The fourth-order valence-electron chi connectivity index (χ4n) is 4.48. The van der Waals surface area contributed by atoms with Gasteiger partial charge in [0.1, 0.15) is 11.4 Å². The molecule has 0 atom stereocenters. The number of aromatic nitrogens is 3. The molecule has 0 aliphatic heterocycles. The average Bonchev–Trinajstić information content (AvgIpc) is 3.42. The molecule has 0 fully saturated rings. The summed E-state index contributed by atoms with van der Waals surface area (Å²) >= 11 is 5.00. The van der Waals surface area contributed by atoms with Crippen LogP contribution in [0.25, 0.3) is 16.7 Å². The van der Waals surface area contributed by atoms with Crippen LogP contribution in [0.3, 0.4) is 0 Å². The predicted molar refractivity (Wildman–Crippen MR) is 155 cm³/mol. The summed E-state index contributed by atoms with van der Waals surface area (Å²) in [7, 11) is 0. The Morgan fingerprint density at radius 3 is 2.77 bits per heavy atom. The third-order valence-corrected chi connectivity index (χ3v) is 6.52. The number of pyridine rings is 2. The number of hydrogen-bond acceptors (Lipinski definition) is 6. The number of anilines is 2. The number of nitrogens with zero attached hydrogens (tertiary/aromatic N) is 2. The largest absolute Gasteiger partial charge is 0.453 e. The Morgan fingerprint density at radius 1 is 1.13 bits per heavy atom. The van der Waals surface area contributed by atoms with Crippen molar-refractivity contribution in [2.45, 2.75) is 19.9 Å². The van der Waals surface area contributed by atoms with Gasteiger partial charge in [-0.05, 0) is 55.3 Å². The van der Waals surface area contributed by atoms with Gasteiger partial charge in [0, 0.05) is 48.6 Å². The van der Waals surface area contributed by atoms with Crippen molar-refractivity contribution in [2.75, 3.05) is 17.2 Å². The number of aromatic amines is 1. The first-order valence-electron chi connectivity index (χ1n) is 12.3. The van der Waals surface area contributed by atoms with Gasteiger partial charge in [-0.2, -0.15) is 0 Å². The summed E-state index contributed by atoms with van der Waals surface area (Å²) in [6, 6.07) is 17.2. The van der Waals surface area contributed by atoms with E-state index < -0.39 is 5.82 Å². The first-order valence-corrected chi connectivity index (χ1v) is 12.8. The van der Waals surface area contributed by atoms with Crippen LogP contribution in [0.1, 0.15) is 16.8 Å². The highest BCUT2D eigenvalue weighted by molar-refractivity contribution is 7.79. The number of aliphatic hydroxyl groups excluding tert-OH is 1. The van der Waals surface area contributed by atoms with Crippen molar-refractivity contribution in [2.24, 2.45) is 0 Å². The molecule has 4 N–H and O–H groups in total. The number of para-hydroxylation sites is 1. The van der Waals surface area contributed by atoms with Gasteiger partial charge in [-0.3, -0.25) is 9.36 Å². The molecule has 0 aliphatic rings. The van der Waals surface area contributed by atoms with E-state index in [2.05, 4.69) is 20.6 Å². The molecule has 0 spiro atoms. The molecule has 3 aromatic heterocycles. The van der Waals surface area contributed by atoms with Gasteiger partial charge in [-0.15, -0.1) is 0 Å². The highest BCUT2D eigenvalue weighted by Gasteiger charge is 2.16. The predicted octanol–water partition coefficient (Wildman–Crippen LogP) is 5.47. The highest BCUT2D eigenvalue weighted by Crippen LogP contribution is 2.31. The lowest BCUT2D eigenvalue weighted by molar-refractivity contribution is 0.299. The molecule has 0 bridgehead atoms. The number of nitrogens with one attached hydrogen (secondary N) is 3. The summed E-state index contributed by atoms with van der Waals surface area (Å²) in [6.45, 7) is 1.93. The van der Waals surface area contributed by atoms with Crippen LogP contribution in [0.4, 0.5) is 15.8 Å². The Kier molecular flexibility index (Phi) is 7.67. The lowest BCUT2D eigenvalue weighted by atomic mass is 10.1. The van der Waals surface area contributed by atoms with Crippen molar-refractivity contribution >= 4 is 40.1 Å². The quantitative estimate of drug-likeness (QED) is 0.173. The summed E-state index contributed by atoms with van der Waals surface area (Å²) in [6.07, 6.45) is 3.74. The second kappa shape index (κ2) is 11.5. The lowest BCUT2D eigenvalue weighted by Gasteiger charge is -2.19. The van der Waals surface area contributed by atoms with Crippen molar-refractivity contribution in [3.05, 3.63) is 106 Å². The molecule has 2 aromatic carbocycles. The maximum atomic E-state index is 15.0. The fourth-order valence-corrected chi connectivity index (χ4v) is 4.60. The average molecular weight is 544 g/mol. The number of aliphatic hydroxyl groups is 1. The molecule has 0 saturated heterocycles. The van der Waals surface area contributed by atoms with Gasteiger partial charge >= 0.3 is 0 Å². The fraction of sp³-hybridized carbons (Fsp3) is 0.138. The maximum Gasteiger partial charge on any atom is 0.260 e. The molecular formula is C29H26FN5O3S. The number of halogens is 1. The smallest absolute Gasteiger partial charge is 0.260 e. The SMILES string of the molecule is Cc1c(NC=S)cc(CNc2ccc(Oc3ccnc4[nH]ccc34)c(F)c2)c(=O)n1-c1ccccc1CCO. The molecular weight excluding hydrogens is 517 g/mol. The second-order valence-corrected chi connectivity index (χ2v) is 9.06. The lowest BCUT2D eigenvalue weighted by Crippen LogP contribution is -2.27. The molecule has 5 aromatic rings. The zero-order chi connectivity index (χ0) is 27.4. The Balaban J connectivity index is 1.42. The molecule has 0 unspecified atom stereocenters. The number of H-pyrrole nitrogens is 1.